The van der Waals surface area contributed by atoms with Gasteiger partial charge in [-0.3, -0.25) is 4.79 Å². The van der Waals surface area contributed by atoms with Gasteiger partial charge in [0.25, 0.3) is 0 Å². The summed E-state index contributed by atoms with van der Waals surface area (Å²) in [7, 11) is 0. The highest BCUT2D eigenvalue weighted by Crippen LogP contribution is 2.35. The maximum Gasteiger partial charge on any atom is 0.308 e. The second kappa shape index (κ2) is 3.28. The van der Waals surface area contributed by atoms with Crippen LogP contribution in [0.4, 0.5) is 5.82 Å². The molecular formula is C8H12N4O2. The van der Waals surface area contributed by atoms with E-state index in [1.165, 1.54) is 0 Å². The Labute approximate surface area is 80.7 Å². The number of rotatable bonds is 2. The number of nitrogens with zero attached hydrogens (tertiary/aromatic N) is 3. The smallest absolute Gasteiger partial charge is 0.308 e. The van der Waals surface area contributed by atoms with Gasteiger partial charge in [-0.1, -0.05) is 11.6 Å². The Morgan fingerprint density at radius 1 is 1.64 bits per heavy atom. The highest BCUT2D eigenvalue weighted by molar-refractivity contribution is 5.71. The number of carbonyl (C=O) groups is 1. The van der Waals surface area contributed by atoms with E-state index in [0.717, 1.165) is 12.8 Å². The summed E-state index contributed by atoms with van der Waals surface area (Å²) in [5.74, 6) is -0.779. The minimum atomic E-state index is -0.762. The van der Waals surface area contributed by atoms with Crippen LogP contribution in [-0.4, -0.2) is 26.1 Å². The van der Waals surface area contributed by atoms with Crippen LogP contribution < -0.4 is 5.73 Å². The highest BCUT2D eigenvalue weighted by atomic mass is 16.4. The zero-order chi connectivity index (χ0) is 10.1. The predicted molar refractivity (Wildman–Crippen MR) is 48.4 cm³/mol. The third kappa shape index (κ3) is 1.43. The maximum absolute atomic E-state index is 10.9. The quantitative estimate of drug-likeness (QED) is 0.708. The molecule has 6 nitrogen and oxygen atoms in total. The maximum atomic E-state index is 10.9. The first-order valence-corrected chi connectivity index (χ1v) is 4.58. The lowest BCUT2D eigenvalue weighted by Crippen LogP contribution is -2.22. The molecule has 0 saturated heterocycles. The molecule has 1 fully saturated rings. The minimum absolute atomic E-state index is 0.0858. The van der Waals surface area contributed by atoms with Crippen molar-refractivity contribution in [1.82, 2.24) is 15.0 Å². The molecule has 1 aromatic rings. The number of nitrogen functional groups attached to an aromatic ring is 1. The van der Waals surface area contributed by atoms with E-state index in [2.05, 4.69) is 10.3 Å². The summed E-state index contributed by atoms with van der Waals surface area (Å²) >= 11 is 0. The van der Waals surface area contributed by atoms with Crippen molar-refractivity contribution < 1.29 is 9.90 Å². The molecule has 2 unspecified atom stereocenters. The van der Waals surface area contributed by atoms with Crippen LogP contribution in [0, 0.1) is 5.92 Å². The lowest BCUT2D eigenvalue weighted by atomic mass is 10.0. The third-order valence-corrected chi connectivity index (χ3v) is 2.66. The number of anilines is 1. The van der Waals surface area contributed by atoms with Crippen LogP contribution >= 0.6 is 0 Å². The first-order valence-electron chi connectivity index (χ1n) is 4.58. The van der Waals surface area contributed by atoms with Crippen LogP contribution in [0.5, 0.6) is 0 Å². The Morgan fingerprint density at radius 3 is 3.00 bits per heavy atom. The van der Waals surface area contributed by atoms with Gasteiger partial charge in [0, 0.05) is 0 Å². The van der Waals surface area contributed by atoms with E-state index in [4.69, 9.17) is 10.8 Å². The summed E-state index contributed by atoms with van der Waals surface area (Å²) in [6, 6.07) is -0.0858. The summed E-state index contributed by atoms with van der Waals surface area (Å²) in [5.41, 5.74) is 5.43. The molecule has 2 rings (SSSR count). The van der Waals surface area contributed by atoms with E-state index >= 15 is 0 Å². The van der Waals surface area contributed by atoms with Crippen molar-refractivity contribution in [2.45, 2.75) is 25.3 Å². The van der Waals surface area contributed by atoms with Gasteiger partial charge < -0.3 is 10.8 Å². The van der Waals surface area contributed by atoms with Crippen LogP contribution in [0.3, 0.4) is 0 Å². The summed E-state index contributed by atoms with van der Waals surface area (Å²) in [5, 5.41) is 16.4. The van der Waals surface area contributed by atoms with E-state index in [0.29, 0.717) is 12.2 Å². The van der Waals surface area contributed by atoms with Gasteiger partial charge in [0.15, 0.2) is 5.82 Å². The number of aromatic nitrogens is 3. The van der Waals surface area contributed by atoms with Crippen LogP contribution in [-0.2, 0) is 4.79 Å². The zero-order valence-corrected chi connectivity index (χ0v) is 7.63. The third-order valence-electron chi connectivity index (χ3n) is 2.66. The van der Waals surface area contributed by atoms with Gasteiger partial charge in [0.2, 0.25) is 0 Å². The molecular weight excluding hydrogens is 184 g/mol. The molecule has 1 saturated carbocycles. The molecule has 0 amide bonds. The van der Waals surface area contributed by atoms with Crippen LogP contribution in [0.2, 0.25) is 0 Å². The standard InChI is InChI=1S/C8H12N4O2/c9-7-4-12(11-10-7)6-3-1-2-5(6)8(13)14/h4-6H,1-3,9H2,(H,13,14). The second-order valence-corrected chi connectivity index (χ2v) is 3.57. The van der Waals surface area contributed by atoms with Crippen molar-refractivity contribution in [3.05, 3.63) is 6.20 Å². The molecule has 1 aliphatic carbocycles. The Bertz CT molecular complexity index is 349. The number of carboxylic acids is 1. The Balaban J connectivity index is 2.21. The van der Waals surface area contributed by atoms with Gasteiger partial charge in [0.05, 0.1) is 18.2 Å². The van der Waals surface area contributed by atoms with E-state index in [1.807, 2.05) is 0 Å². The summed E-state index contributed by atoms with van der Waals surface area (Å²) in [4.78, 5) is 10.9. The lowest BCUT2D eigenvalue weighted by molar-refractivity contribution is -0.142. The number of hydrogen-bond donors (Lipinski definition) is 2. The normalized spacial score (nSPS) is 26.6. The average Bonchev–Trinajstić information content (AvgIpc) is 2.70. The molecule has 3 N–H and O–H groups in total. The largest absolute Gasteiger partial charge is 0.481 e. The molecule has 1 aromatic heterocycles. The van der Waals surface area contributed by atoms with Gasteiger partial charge in [0.1, 0.15) is 0 Å². The van der Waals surface area contributed by atoms with Gasteiger partial charge >= 0.3 is 5.97 Å². The fraction of sp³-hybridized carbons (Fsp3) is 0.625. The molecule has 14 heavy (non-hydrogen) atoms. The molecule has 6 heteroatoms. The van der Waals surface area contributed by atoms with Crippen LogP contribution in [0.15, 0.2) is 6.20 Å². The first kappa shape index (κ1) is 8.98. The monoisotopic (exact) mass is 196 g/mol. The van der Waals surface area contributed by atoms with Gasteiger partial charge in [-0.05, 0) is 12.8 Å². The number of hydrogen-bond acceptors (Lipinski definition) is 4. The summed E-state index contributed by atoms with van der Waals surface area (Å²) in [6.45, 7) is 0. The molecule has 0 spiro atoms. The van der Waals surface area contributed by atoms with Crippen molar-refractivity contribution >= 4 is 11.8 Å². The van der Waals surface area contributed by atoms with Gasteiger partial charge in [-0.25, -0.2) is 4.68 Å². The molecule has 2 atom stereocenters. The summed E-state index contributed by atoms with van der Waals surface area (Å²) in [6.07, 6.45) is 4.05. The van der Waals surface area contributed by atoms with Gasteiger partial charge in [-0.2, -0.15) is 0 Å². The van der Waals surface area contributed by atoms with Crippen molar-refractivity contribution in [3.8, 4) is 0 Å². The average molecular weight is 196 g/mol. The zero-order valence-electron chi connectivity index (χ0n) is 7.63. The minimum Gasteiger partial charge on any atom is -0.481 e. The van der Waals surface area contributed by atoms with E-state index in [1.54, 1.807) is 10.9 Å². The Kier molecular flexibility index (Phi) is 2.11. The highest BCUT2D eigenvalue weighted by Gasteiger charge is 2.34. The van der Waals surface area contributed by atoms with Crippen molar-refractivity contribution in [2.24, 2.45) is 5.92 Å². The van der Waals surface area contributed by atoms with E-state index < -0.39 is 5.97 Å². The van der Waals surface area contributed by atoms with Crippen LogP contribution in [0.1, 0.15) is 25.3 Å². The fourth-order valence-electron chi connectivity index (χ4n) is 2.00. The Morgan fingerprint density at radius 2 is 2.43 bits per heavy atom. The molecule has 76 valence electrons. The van der Waals surface area contributed by atoms with Gasteiger partial charge in [-0.15, -0.1) is 5.10 Å². The molecule has 0 radical (unpaired) electrons. The SMILES string of the molecule is Nc1cn(C2CCCC2C(=O)O)nn1. The number of nitrogens with two attached hydrogens (primary N) is 1. The fourth-order valence-corrected chi connectivity index (χ4v) is 2.00. The second-order valence-electron chi connectivity index (χ2n) is 3.57. The molecule has 0 aromatic carbocycles. The topological polar surface area (TPSA) is 94.0 Å². The predicted octanol–water partition coefficient (Wildman–Crippen LogP) is 0.286. The first-order chi connectivity index (χ1) is 6.68. The molecule has 1 aliphatic rings. The van der Waals surface area contributed by atoms with Crippen molar-refractivity contribution in [3.63, 3.8) is 0 Å². The van der Waals surface area contributed by atoms with E-state index in [-0.39, 0.29) is 12.0 Å². The van der Waals surface area contributed by atoms with Crippen LogP contribution in [0.25, 0.3) is 0 Å². The van der Waals surface area contributed by atoms with E-state index in [9.17, 15) is 4.79 Å². The molecule has 1 heterocycles. The molecule has 0 aliphatic heterocycles. The number of carboxylic acid groups (broad SMARTS) is 1. The van der Waals surface area contributed by atoms with Crippen molar-refractivity contribution in [2.75, 3.05) is 5.73 Å². The Hall–Kier alpha value is -1.59. The molecule has 0 bridgehead atoms. The number of aliphatic carboxylic acids is 1. The lowest BCUT2D eigenvalue weighted by Gasteiger charge is -2.14. The van der Waals surface area contributed by atoms with Crippen molar-refractivity contribution in [1.29, 1.82) is 0 Å². The summed E-state index contributed by atoms with van der Waals surface area (Å²) < 4.78 is 1.57.